The van der Waals surface area contributed by atoms with Gasteiger partial charge < -0.3 is 9.84 Å². The second-order valence-corrected chi connectivity index (χ2v) is 5.43. The summed E-state index contributed by atoms with van der Waals surface area (Å²) in [7, 11) is 1.55. The van der Waals surface area contributed by atoms with Crippen molar-refractivity contribution in [3.63, 3.8) is 0 Å². The lowest BCUT2D eigenvalue weighted by Crippen LogP contribution is -2.43. The SMILES string of the molecule is COc1ccc(C(O)CN2CCCC(C(F)(F)F)C2)cc1. The first-order chi connectivity index (χ1) is 9.90. The number of aliphatic hydroxyl groups excluding tert-OH is 1. The Morgan fingerprint density at radius 3 is 2.57 bits per heavy atom. The molecule has 1 aliphatic heterocycles. The Kier molecular flexibility index (Phi) is 5.11. The Labute approximate surface area is 122 Å². The van der Waals surface area contributed by atoms with E-state index in [-0.39, 0.29) is 19.5 Å². The summed E-state index contributed by atoms with van der Waals surface area (Å²) < 4.78 is 43.3. The third kappa shape index (κ3) is 4.35. The van der Waals surface area contributed by atoms with E-state index in [1.165, 1.54) is 0 Å². The molecule has 1 aliphatic rings. The molecule has 0 bridgehead atoms. The zero-order valence-corrected chi connectivity index (χ0v) is 11.9. The van der Waals surface area contributed by atoms with Crippen LogP contribution in [0.15, 0.2) is 24.3 Å². The summed E-state index contributed by atoms with van der Waals surface area (Å²) in [6, 6.07) is 6.92. The zero-order valence-electron chi connectivity index (χ0n) is 11.9. The highest BCUT2D eigenvalue weighted by atomic mass is 19.4. The van der Waals surface area contributed by atoms with Gasteiger partial charge in [-0.05, 0) is 37.1 Å². The lowest BCUT2D eigenvalue weighted by atomic mass is 9.97. The van der Waals surface area contributed by atoms with E-state index in [1.807, 2.05) is 0 Å². The Bertz CT molecular complexity index is 447. The van der Waals surface area contributed by atoms with E-state index in [1.54, 1.807) is 36.3 Å². The number of rotatable bonds is 4. The van der Waals surface area contributed by atoms with Gasteiger partial charge in [-0.2, -0.15) is 13.2 Å². The van der Waals surface area contributed by atoms with Crippen molar-refractivity contribution in [1.29, 1.82) is 0 Å². The highest BCUT2D eigenvalue weighted by molar-refractivity contribution is 5.28. The van der Waals surface area contributed by atoms with Crippen LogP contribution in [0.25, 0.3) is 0 Å². The Hall–Kier alpha value is -1.27. The minimum Gasteiger partial charge on any atom is -0.497 e. The number of nitrogens with zero attached hydrogens (tertiary/aromatic N) is 1. The van der Waals surface area contributed by atoms with E-state index in [2.05, 4.69) is 0 Å². The number of aliphatic hydroxyl groups is 1. The highest BCUT2D eigenvalue weighted by Gasteiger charge is 2.41. The first-order valence-corrected chi connectivity index (χ1v) is 7.01. The van der Waals surface area contributed by atoms with Gasteiger partial charge in [0, 0.05) is 13.1 Å². The van der Waals surface area contributed by atoms with Gasteiger partial charge in [0.15, 0.2) is 0 Å². The van der Waals surface area contributed by atoms with Crippen LogP contribution in [0.5, 0.6) is 5.75 Å². The van der Waals surface area contributed by atoms with Crippen molar-refractivity contribution in [1.82, 2.24) is 4.90 Å². The van der Waals surface area contributed by atoms with Crippen molar-refractivity contribution in [3.8, 4) is 5.75 Å². The molecule has 118 valence electrons. The van der Waals surface area contributed by atoms with Crippen LogP contribution in [0.1, 0.15) is 24.5 Å². The maximum absolute atomic E-state index is 12.8. The van der Waals surface area contributed by atoms with Gasteiger partial charge in [0.2, 0.25) is 0 Å². The fraction of sp³-hybridized carbons (Fsp3) is 0.600. The number of piperidine rings is 1. The van der Waals surface area contributed by atoms with Crippen LogP contribution in [0, 0.1) is 5.92 Å². The van der Waals surface area contributed by atoms with E-state index >= 15 is 0 Å². The topological polar surface area (TPSA) is 32.7 Å². The molecule has 2 unspecified atom stereocenters. The fourth-order valence-corrected chi connectivity index (χ4v) is 2.66. The first-order valence-electron chi connectivity index (χ1n) is 7.01. The van der Waals surface area contributed by atoms with E-state index in [4.69, 9.17) is 4.74 Å². The van der Waals surface area contributed by atoms with Gasteiger partial charge in [-0.25, -0.2) is 0 Å². The van der Waals surface area contributed by atoms with Crippen LogP contribution in [-0.4, -0.2) is 42.9 Å². The Balaban J connectivity index is 1.93. The lowest BCUT2D eigenvalue weighted by molar-refractivity contribution is -0.187. The fourth-order valence-electron chi connectivity index (χ4n) is 2.66. The van der Waals surface area contributed by atoms with Crippen molar-refractivity contribution < 1.29 is 23.0 Å². The smallest absolute Gasteiger partial charge is 0.393 e. The highest BCUT2D eigenvalue weighted by Crippen LogP contribution is 2.33. The van der Waals surface area contributed by atoms with Crippen molar-refractivity contribution >= 4 is 0 Å². The lowest BCUT2D eigenvalue weighted by Gasteiger charge is -2.34. The molecule has 1 heterocycles. The van der Waals surface area contributed by atoms with Crippen molar-refractivity contribution in [2.45, 2.75) is 25.1 Å². The number of hydrogen-bond acceptors (Lipinski definition) is 3. The van der Waals surface area contributed by atoms with Gasteiger partial charge in [-0.1, -0.05) is 12.1 Å². The monoisotopic (exact) mass is 303 g/mol. The Morgan fingerprint density at radius 1 is 1.33 bits per heavy atom. The normalized spacial score (nSPS) is 22.0. The molecule has 2 rings (SSSR count). The van der Waals surface area contributed by atoms with E-state index in [9.17, 15) is 18.3 Å². The summed E-state index contributed by atoms with van der Waals surface area (Å²) in [6.45, 7) is 0.787. The average Bonchev–Trinajstić information content (AvgIpc) is 2.47. The largest absolute Gasteiger partial charge is 0.497 e. The van der Waals surface area contributed by atoms with E-state index in [0.29, 0.717) is 24.3 Å². The van der Waals surface area contributed by atoms with Gasteiger partial charge in [-0.3, -0.25) is 4.90 Å². The van der Waals surface area contributed by atoms with Crippen LogP contribution in [0.4, 0.5) is 13.2 Å². The van der Waals surface area contributed by atoms with Crippen LogP contribution in [-0.2, 0) is 0 Å². The number of alkyl halides is 3. The third-order valence-electron chi connectivity index (χ3n) is 3.90. The second kappa shape index (κ2) is 6.66. The summed E-state index contributed by atoms with van der Waals surface area (Å²) in [5.41, 5.74) is 0.685. The van der Waals surface area contributed by atoms with Gasteiger partial charge in [0.25, 0.3) is 0 Å². The van der Waals surface area contributed by atoms with Crippen LogP contribution in [0.3, 0.4) is 0 Å². The number of ether oxygens (including phenoxy) is 1. The molecule has 1 fully saturated rings. The molecule has 1 aromatic rings. The third-order valence-corrected chi connectivity index (χ3v) is 3.90. The predicted octanol–water partition coefficient (Wildman–Crippen LogP) is 3.00. The van der Waals surface area contributed by atoms with Crippen molar-refractivity contribution in [2.75, 3.05) is 26.7 Å². The summed E-state index contributed by atoms with van der Waals surface area (Å²) in [6.07, 6.45) is -4.25. The second-order valence-electron chi connectivity index (χ2n) is 5.43. The summed E-state index contributed by atoms with van der Waals surface area (Å²) in [5, 5.41) is 10.2. The van der Waals surface area contributed by atoms with Crippen molar-refractivity contribution in [3.05, 3.63) is 29.8 Å². The van der Waals surface area contributed by atoms with Crippen LogP contribution < -0.4 is 4.74 Å². The van der Waals surface area contributed by atoms with Gasteiger partial charge >= 0.3 is 6.18 Å². The Morgan fingerprint density at radius 2 is 2.00 bits per heavy atom. The molecular formula is C15H20F3NO2. The molecule has 21 heavy (non-hydrogen) atoms. The number of β-amino-alcohol motifs (C(OH)–C–C–N with tert-alkyl or cyclic N) is 1. The quantitative estimate of drug-likeness (QED) is 0.928. The minimum atomic E-state index is -4.15. The molecule has 1 saturated heterocycles. The maximum Gasteiger partial charge on any atom is 0.393 e. The van der Waals surface area contributed by atoms with E-state index < -0.39 is 18.2 Å². The molecule has 1 N–H and O–H groups in total. The van der Waals surface area contributed by atoms with Crippen LogP contribution in [0.2, 0.25) is 0 Å². The zero-order chi connectivity index (χ0) is 15.5. The van der Waals surface area contributed by atoms with Gasteiger partial charge in [-0.15, -0.1) is 0 Å². The molecule has 0 saturated carbocycles. The molecule has 0 radical (unpaired) electrons. The standard InChI is InChI=1S/C15H20F3NO2/c1-21-13-6-4-11(5-7-13)14(20)10-19-8-2-3-12(9-19)15(16,17)18/h4-7,12,14,20H,2-3,8-10H2,1H3. The molecule has 3 nitrogen and oxygen atoms in total. The maximum atomic E-state index is 12.8. The summed E-state index contributed by atoms with van der Waals surface area (Å²) >= 11 is 0. The molecule has 0 aliphatic carbocycles. The number of methoxy groups -OCH3 is 1. The molecule has 2 atom stereocenters. The molecule has 0 spiro atoms. The summed E-state index contributed by atoms with van der Waals surface area (Å²) in [5.74, 6) is -0.602. The number of hydrogen-bond donors (Lipinski definition) is 1. The number of halogens is 3. The average molecular weight is 303 g/mol. The first kappa shape index (κ1) is 16.1. The molecular weight excluding hydrogens is 283 g/mol. The molecule has 6 heteroatoms. The van der Waals surface area contributed by atoms with Crippen molar-refractivity contribution in [2.24, 2.45) is 5.92 Å². The van der Waals surface area contributed by atoms with Crippen LogP contribution >= 0.6 is 0 Å². The predicted molar refractivity (Wildman–Crippen MR) is 73.2 cm³/mol. The number of benzene rings is 1. The van der Waals surface area contributed by atoms with Gasteiger partial charge in [0.1, 0.15) is 5.75 Å². The molecule has 1 aromatic carbocycles. The molecule has 0 amide bonds. The molecule has 0 aromatic heterocycles. The number of likely N-dealkylation sites (tertiary alicyclic amines) is 1. The minimum absolute atomic E-state index is 0.0310. The summed E-state index contributed by atoms with van der Waals surface area (Å²) in [4.78, 5) is 1.69. The van der Waals surface area contributed by atoms with E-state index in [0.717, 1.165) is 0 Å². The van der Waals surface area contributed by atoms with Gasteiger partial charge in [0.05, 0.1) is 19.1 Å².